The molecule has 5 heteroatoms. The van der Waals surface area contributed by atoms with E-state index in [1.54, 1.807) is 7.11 Å². The molecule has 1 fully saturated rings. The summed E-state index contributed by atoms with van der Waals surface area (Å²) in [7, 11) is 1.65. The molecule has 1 aliphatic carbocycles. The summed E-state index contributed by atoms with van der Waals surface area (Å²) in [6.07, 6.45) is 2.75. The highest BCUT2D eigenvalue weighted by Crippen LogP contribution is 2.28. The number of methoxy groups -OCH3 is 1. The Balaban J connectivity index is 1.58. The van der Waals surface area contributed by atoms with Crippen LogP contribution in [0.2, 0.25) is 0 Å². The molecule has 0 saturated heterocycles. The molecule has 1 amide bonds. The Hall–Kier alpha value is -2.66. The Bertz CT molecular complexity index is 785. The fraction of sp³-hybridized carbons (Fsp3) is 0.391. The molecule has 3 rings (SSSR count). The van der Waals surface area contributed by atoms with Gasteiger partial charge in [0.05, 0.1) is 19.7 Å². The Morgan fingerprint density at radius 3 is 2.32 bits per heavy atom. The molecular weight excluding hydrogens is 352 g/mol. The van der Waals surface area contributed by atoms with E-state index in [-0.39, 0.29) is 11.7 Å². The van der Waals surface area contributed by atoms with Gasteiger partial charge in [0.1, 0.15) is 5.75 Å². The molecule has 0 aliphatic heterocycles. The molecule has 0 bridgehead atoms. The van der Waals surface area contributed by atoms with Crippen LogP contribution in [0.1, 0.15) is 30.9 Å². The number of rotatable bonds is 10. The molecule has 0 unspecified atom stereocenters. The topological polar surface area (TPSA) is 58.6 Å². The van der Waals surface area contributed by atoms with Gasteiger partial charge in [0.25, 0.3) is 0 Å². The number of benzene rings is 2. The first-order valence-electron chi connectivity index (χ1n) is 9.76. The number of amides is 1. The van der Waals surface area contributed by atoms with E-state index in [0.717, 1.165) is 29.7 Å². The number of nitrogens with zero attached hydrogens (tertiary/aromatic N) is 1. The van der Waals surface area contributed by atoms with Gasteiger partial charge in [-0.2, -0.15) is 0 Å². The van der Waals surface area contributed by atoms with E-state index in [2.05, 4.69) is 10.2 Å². The van der Waals surface area contributed by atoms with Crippen LogP contribution in [0.25, 0.3) is 0 Å². The smallest absolute Gasteiger partial charge is 0.234 e. The van der Waals surface area contributed by atoms with Crippen LogP contribution in [0.15, 0.2) is 54.6 Å². The van der Waals surface area contributed by atoms with Crippen molar-refractivity contribution in [2.75, 3.05) is 13.7 Å². The fourth-order valence-electron chi connectivity index (χ4n) is 3.29. The van der Waals surface area contributed by atoms with Gasteiger partial charge in [-0.3, -0.25) is 14.5 Å². The van der Waals surface area contributed by atoms with Crippen LogP contribution in [0, 0.1) is 0 Å². The summed E-state index contributed by atoms with van der Waals surface area (Å²) in [6.45, 7) is 2.55. The minimum atomic E-state index is -0.489. The summed E-state index contributed by atoms with van der Waals surface area (Å²) >= 11 is 0. The van der Waals surface area contributed by atoms with E-state index < -0.39 is 6.04 Å². The quantitative estimate of drug-likeness (QED) is 0.688. The lowest BCUT2D eigenvalue weighted by Gasteiger charge is -2.23. The SMILES string of the molecule is COc1ccc(CN(CC(=O)N[C@H](Cc2ccccc2)C(C)=O)C2CC2)cc1. The second-order valence-corrected chi connectivity index (χ2v) is 7.40. The van der Waals surface area contributed by atoms with Gasteiger partial charge >= 0.3 is 0 Å². The summed E-state index contributed by atoms with van der Waals surface area (Å²) in [5.74, 6) is 0.701. The zero-order chi connectivity index (χ0) is 19.9. The van der Waals surface area contributed by atoms with Crippen molar-refractivity contribution in [1.29, 1.82) is 0 Å². The average molecular weight is 380 g/mol. The molecule has 0 radical (unpaired) electrons. The minimum Gasteiger partial charge on any atom is -0.497 e. The molecule has 1 N–H and O–H groups in total. The van der Waals surface area contributed by atoms with Crippen LogP contribution in [-0.4, -0.2) is 42.3 Å². The largest absolute Gasteiger partial charge is 0.497 e. The molecule has 0 aromatic heterocycles. The number of hydrogen-bond acceptors (Lipinski definition) is 4. The van der Waals surface area contributed by atoms with E-state index >= 15 is 0 Å². The number of carbonyl (C=O) groups excluding carboxylic acids is 2. The third-order valence-electron chi connectivity index (χ3n) is 5.06. The lowest BCUT2D eigenvalue weighted by atomic mass is 10.0. The second kappa shape index (κ2) is 9.51. The number of nitrogens with one attached hydrogen (secondary N) is 1. The molecule has 0 heterocycles. The predicted octanol–water partition coefficient (Wildman–Crippen LogP) is 2.98. The van der Waals surface area contributed by atoms with Crippen LogP contribution in [0.4, 0.5) is 0 Å². The van der Waals surface area contributed by atoms with Crippen molar-refractivity contribution < 1.29 is 14.3 Å². The standard InChI is InChI=1S/C23H28N2O3/c1-17(26)22(14-18-6-4-3-5-7-18)24-23(27)16-25(20-10-11-20)15-19-8-12-21(28-2)13-9-19/h3-9,12-13,20,22H,10-11,14-16H2,1-2H3,(H,24,27)/t22-/m1/s1. The van der Waals surface area contributed by atoms with Crippen molar-refractivity contribution in [2.24, 2.45) is 0 Å². The summed E-state index contributed by atoms with van der Waals surface area (Å²) in [5.41, 5.74) is 2.19. The molecule has 0 spiro atoms. The maximum atomic E-state index is 12.7. The van der Waals surface area contributed by atoms with E-state index in [1.165, 1.54) is 6.92 Å². The molecule has 1 saturated carbocycles. The molecule has 2 aromatic carbocycles. The highest BCUT2D eigenvalue weighted by atomic mass is 16.5. The number of ether oxygens (including phenoxy) is 1. The van der Waals surface area contributed by atoms with Gasteiger partial charge in [0, 0.05) is 12.6 Å². The molecule has 1 aliphatic rings. The highest BCUT2D eigenvalue weighted by Gasteiger charge is 2.31. The van der Waals surface area contributed by atoms with Crippen molar-refractivity contribution in [3.8, 4) is 5.75 Å². The Morgan fingerprint density at radius 2 is 1.75 bits per heavy atom. The van der Waals surface area contributed by atoms with Crippen molar-refractivity contribution in [1.82, 2.24) is 10.2 Å². The molecule has 1 atom stereocenters. The Kier molecular flexibility index (Phi) is 6.82. The van der Waals surface area contributed by atoms with Crippen LogP contribution in [-0.2, 0) is 22.6 Å². The van der Waals surface area contributed by atoms with E-state index in [9.17, 15) is 9.59 Å². The first kappa shape index (κ1) is 20.1. The zero-order valence-corrected chi connectivity index (χ0v) is 16.6. The lowest BCUT2D eigenvalue weighted by molar-refractivity contribution is -0.127. The normalized spacial score (nSPS) is 14.5. The molecule has 2 aromatic rings. The van der Waals surface area contributed by atoms with Crippen molar-refractivity contribution in [2.45, 2.75) is 44.8 Å². The van der Waals surface area contributed by atoms with Gasteiger partial charge in [0.15, 0.2) is 5.78 Å². The summed E-state index contributed by atoms with van der Waals surface area (Å²) in [4.78, 5) is 26.9. The first-order valence-corrected chi connectivity index (χ1v) is 9.76. The average Bonchev–Trinajstić information content (AvgIpc) is 3.53. The molecule has 28 heavy (non-hydrogen) atoms. The van der Waals surface area contributed by atoms with Gasteiger partial charge in [-0.25, -0.2) is 0 Å². The van der Waals surface area contributed by atoms with Crippen LogP contribution in [0.5, 0.6) is 5.75 Å². The Labute approximate surface area is 166 Å². The third kappa shape index (κ3) is 5.92. The third-order valence-corrected chi connectivity index (χ3v) is 5.06. The van der Waals surface area contributed by atoms with E-state index in [4.69, 9.17) is 4.74 Å². The van der Waals surface area contributed by atoms with Gasteiger partial charge < -0.3 is 10.1 Å². The monoisotopic (exact) mass is 380 g/mol. The van der Waals surface area contributed by atoms with Crippen LogP contribution >= 0.6 is 0 Å². The summed E-state index contributed by atoms with van der Waals surface area (Å²) < 4.78 is 5.20. The number of Topliss-reactive ketones (excluding diaryl/α,β-unsaturated/α-hetero) is 1. The summed E-state index contributed by atoms with van der Waals surface area (Å²) in [6, 6.07) is 17.7. The zero-order valence-electron chi connectivity index (χ0n) is 16.6. The fourth-order valence-corrected chi connectivity index (χ4v) is 3.29. The van der Waals surface area contributed by atoms with Crippen LogP contribution < -0.4 is 10.1 Å². The van der Waals surface area contributed by atoms with Gasteiger partial charge in [-0.15, -0.1) is 0 Å². The van der Waals surface area contributed by atoms with Gasteiger partial charge in [0.2, 0.25) is 5.91 Å². The second-order valence-electron chi connectivity index (χ2n) is 7.40. The van der Waals surface area contributed by atoms with Gasteiger partial charge in [-0.1, -0.05) is 42.5 Å². The highest BCUT2D eigenvalue weighted by molar-refractivity contribution is 5.88. The lowest BCUT2D eigenvalue weighted by Crippen LogP contribution is -2.46. The number of carbonyl (C=O) groups is 2. The van der Waals surface area contributed by atoms with E-state index in [0.29, 0.717) is 25.6 Å². The van der Waals surface area contributed by atoms with Crippen molar-refractivity contribution >= 4 is 11.7 Å². The number of hydrogen-bond donors (Lipinski definition) is 1. The van der Waals surface area contributed by atoms with Crippen molar-refractivity contribution in [3.05, 3.63) is 65.7 Å². The predicted molar refractivity (Wildman–Crippen MR) is 109 cm³/mol. The minimum absolute atomic E-state index is 0.0228. The molecular formula is C23H28N2O3. The van der Waals surface area contributed by atoms with Crippen molar-refractivity contribution in [3.63, 3.8) is 0 Å². The van der Waals surface area contributed by atoms with E-state index in [1.807, 2.05) is 54.6 Å². The Morgan fingerprint density at radius 1 is 1.07 bits per heavy atom. The first-order chi connectivity index (χ1) is 13.5. The summed E-state index contributed by atoms with van der Waals surface area (Å²) in [5, 5.41) is 2.93. The molecule has 5 nitrogen and oxygen atoms in total. The number of ketones is 1. The molecule has 148 valence electrons. The van der Waals surface area contributed by atoms with Crippen LogP contribution in [0.3, 0.4) is 0 Å². The maximum Gasteiger partial charge on any atom is 0.234 e. The maximum absolute atomic E-state index is 12.7. The van der Waals surface area contributed by atoms with Gasteiger partial charge in [-0.05, 0) is 49.4 Å².